The number of ether oxygens (including phenoxy) is 1. The van der Waals surface area contributed by atoms with Crippen molar-refractivity contribution in [1.29, 1.82) is 0 Å². The zero-order valence-corrected chi connectivity index (χ0v) is 16.1. The summed E-state index contributed by atoms with van der Waals surface area (Å²) in [6, 6.07) is 16.5. The number of thioether (sulfide) groups is 1. The minimum Gasteiger partial charge on any atom is -0.494 e. The van der Waals surface area contributed by atoms with E-state index in [1.54, 1.807) is 36.0 Å². The lowest BCUT2D eigenvalue weighted by atomic mass is 10.2. The number of hydrogen-bond acceptors (Lipinski definition) is 6. The van der Waals surface area contributed by atoms with Crippen molar-refractivity contribution in [1.82, 2.24) is 10.2 Å². The highest BCUT2D eigenvalue weighted by atomic mass is 35.5. The number of hydrogen-bond donors (Lipinski definition) is 1. The van der Waals surface area contributed by atoms with Gasteiger partial charge >= 0.3 is 0 Å². The van der Waals surface area contributed by atoms with Crippen LogP contribution in [0.5, 0.6) is 5.75 Å². The Bertz CT molecular complexity index is 858. The van der Waals surface area contributed by atoms with Crippen LogP contribution < -0.4 is 10.1 Å². The summed E-state index contributed by atoms with van der Waals surface area (Å²) in [7, 11) is 0. The zero-order valence-electron chi connectivity index (χ0n) is 13.7. The largest absolute Gasteiger partial charge is 0.494 e. The molecule has 1 aromatic heterocycles. The molecule has 3 aromatic rings. The Balaban J connectivity index is 1.41. The van der Waals surface area contributed by atoms with Crippen molar-refractivity contribution in [2.24, 2.45) is 0 Å². The number of nitrogens with zero attached hydrogens (tertiary/aromatic N) is 2. The molecule has 1 N–H and O–H groups in total. The summed E-state index contributed by atoms with van der Waals surface area (Å²) in [6.45, 7) is 0.647. The van der Waals surface area contributed by atoms with E-state index in [2.05, 4.69) is 15.5 Å². The van der Waals surface area contributed by atoms with Crippen molar-refractivity contribution < 1.29 is 9.53 Å². The highest BCUT2D eigenvalue weighted by Crippen LogP contribution is 2.26. The Morgan fingerprint density at radius 2 is 2.00 bits per heavy atom. The lowest BCUT2D eigenvalue weighted by molar-refractivity contribution is 0.102. The van der Waals surface area contributed by atoms with Crippen LogP contribution in [0.2, 0.25) is 5.02 Å². The van der Waals surface area contributed by atoms with Crippen molar-refractivity contribution in [2.75, 3.05) is 17.7 Å². The molecule has 2 aromatic carbocycles. The van der Waals surface area contributed by atoms with E-state index in [9.17, 15) is 4.79 Å². The molecule has 0 saturated carbocycles. The molecule has 0 fully saturated rings. The fourth-order valence-corrected chi connectivity index (χ4v) is 3.96. The number of halogens is 1. The summed E-state index contributed by atoms with van der Waals surface area (Å²) in [5.41, 5.74) is 0.486. The van der Waals surface area contributed by atoms with Crippen molar-refractivity contribution in [3.8, 4) is 5.75 Å². The van der Waals surface area contributed by atoms with Gasteiger partial charge in [-0.2, -0.15) is 0 Å². The lowest BCUT2D eigenvalue weighted by Gasteiger charge is -2.04. The topological polar surface area (TPSA) is 64.1 Å². The van der Waals surface area contributed by atoms with Crippen LogP contribution in [0.1, 0.15) is 16.8 Å². The number of carbonyl (C=O) groups is 1. The number of aromatic nitrogens is 2. The summed E-state index contributed by atoms with van der Waals surface area (Å²) in [5.74, 6) is 1.49. The van der Waals surface area contributed by atoms with Crippen molar-refractivity contribution >= 4 is 45.7 Å². The molecule has 8 heteroatoms. The van der Waals surface area contributed by atoms with E-state index >= 15 is 0 Å². The van der Waals surface area contributed by atoms with Gasteiger partial charge in [0.25, 0.3) is 5.91 Å². The summed E-state index contributed by atoms with van der Waals surface area (Å²) in [5, 5.41) is 11.8. The van der Waals surface area contributed by atoms with Crippen LogP contribution in [0, 0.1) is 0 Å². The monoisotopic (exact) mass is 405 g/mol. The third-order valence-corrected chi connectivity index (χ3v) is 5.53. The van der Waals surface area contributed by atoms with E-state index in [1.807, 2.05) is 30.3 Å². The van der Waals surface area contributed by atoms with Crippen LogP contribution in [0.25, 0.3) is 0 Å². The minimum atomic E-state index is -0.253. The number of anilines is 1. The predicted molar refractivity (Wildman–Crippen MR) is 107 cm³/mol. The van der Waals surface area contributed by atoms with Gasteiger partial charge in [-0.25, -0.2) is 0 Å². The highest BCUT2D eigenvalue weighted by Gasteiger charge is 2.10. The number of nitrogens with one attached hydrogen (secondary N) is 1. The van der Waals surface area contributed by atoms with Gasteiger partial charge in [-0.1, -0.05) is 59.0 Å². The molecule has 0 saturated heterocycles. The second kappa shape index (κ2) is 9.56. The summed E-state index contributed by atoms with van der Waals surface area (Å²) in [4.78, 5) is 12.2. The molecule has 0 atom stereocenters. The molecule has 1 heterocycles. The number of rotatable bonds is 8. The highest BCUT2D eigenvalue weighted by molar-refractivity contribution is 8.01. The average molecular weight is 406 g/mol. The van der Waals surface area contributed by atoms with Crippen LogP contribution >= 0.6 is 34.7 Å². The van der Waals surface area contributed by atoms with Crippen molar-refractivity contribution in [2.45, 2.75) is 10.8 Å². The molecular formula is C18H16ClN3O2S2. The number of benzene rings is 2. The molecule has 0 aliphatic rings. The summed E-state index contributed by atoms with van der Waals surface area (Å²) < 4.78 is 6.46. The molecule has 134 valence electrons. The number of amides is 1. The van der Waals surface area contributed by atoms with Crippen molar-refractivity contribution in [3.63, 3.8) is 0 Å². The molecule has 0 bridgehead atoms. The van der Waals surface area contributed by atoms with Gasteiger partial charge < -0.3 is 4.74 Å². The Labute approximate surface area is 164 Å². The first-order valence-electron chi connectivity index (χ1n) is 7.92. The molecule has 0 aliphatic carbocycles. The maximum absolute atomic E-state index is 12.2. The Hall–Kier alpha value is -2.09. The Morgan fingerprint density at radius 3 is 2.81 bits per heavy atom. The van der Waals surface area contributed by atoms with Crippen LogP contribution in [0.3, 0.4) is 0 Å². The van der Waals surface area contributed by atoms with Crippen LogP contribution in [0.15, 0.2) is 58.9 Å². The van der Waals surface area contributed by atoms with E-state index in [0.29, 0.717) is 22.3 Å². The SMILES string of the molecule is O=C(Nc1nnc(SCCCOc2ccccc2)s1)c1cccc(Cl)c1. The van der Waals surface area contributed by atoms with E-state index in [4.69, 9.17) is 16.3 Å². The molecule has 1 amide bonds. The standard InChI is InChI=1S/C18H16ClN3O2S2/c19-14-7-4-6-13(12-14)16(23)20-17-21-22-18(26-17)25-11-5-10-24-15-8-2-1-3-9-15/h1-4,6-9,12H,5,10-11H2,(H,20,21,23). The quantitative estimate of drug-likeness (QED) is 0.324. The third kappa shape index (κ3) is 5.72. The van der Waals surface area contributed by atoms with Gasteiger partial charge in [0.1, 0.15) is 5.75 Å². The van der Waals surface area contributed by atoms with Crippen LogP contribution in [-0.4, -0.2) is 28.5 Å². The van der Waals surface area contributed by atoms with Gasteiger partial charge in [-0.05, 0) is 36.8 Å². The fourth-order valence-electron chi connectivity index (χ4n) is 2.04. The van der Waals surface area contributed by atoms with E-state index in [0.717, 1.165) is 22.3 Å². The molecule has 3 rings (SSSR count). The average Bonchev–Trinajstić information content (AvgIpc) is 3.09. The molecule has 5 nitrogen and oxygen atoms in total. The molecule has 0 unspecified atom stereocenters. The molecule has 0 aliphatic heterocycles. The molecular weight excluding hydrogens is 390 g/mol. The number of carbonyl (C=O) groups excluding carboxylic acids is 1. The minimum absolute atomic E-state index is 0.253. The van der Waals surface area contributed by atoms with E-state index in [1.165, 1.54) is 11.3 Å². The zero-order chi connectivity index (χ0) is 18.2. The van der Waals surface area contributed by atoms with Crippen LogP contribution in [-0.2, 0) is 0 Å². The summed E-state index contributed by atoms with van der Waals surface area (Å²) >= 11 is 8.84. The Morgan fingerprint density at radius 1 is 1.15 bits per heavy atom. The molecule has 26 heavy (non-hydrogen) atoms. The molecule has 0 spiro atoms. The van der Waals surface area contributed by atoms with Gasteiger partial charge in [0.2, 0.25) is 5.13 Å². The Kier molecular flexibility index (Phi) is 6.88. The van der Waals surface area contributed by atoms with E-state index < -0.39 is 0 Å². The lowest BCUT2D eigenvalue weighted by Crippen LogP contribution is -2.11. The first kappa shape index (κ1) is 18.7. The van der Waals surface area contributed by atoms with Crippen LogP contribution in [0.4, 0.5) is 5.13 Å². The van der Waals surface area contributed by atoms with Gasteiger partial charge in [0.05, 0.1) is 6.61 Å². The fraction of sp³-hybridized carbons (Fsp3) is 0.167. The normalized spacial score (nSPS) is 10.5. The van der Waals surface area contributed by atoms with Gasteiger partial charge in [0.15, 0.2) is 4.34 Å². The van der Waals surface area contributed by atoms with Gasteiger partial charge in [-0.3, -0.25) is 10.1 Å². The van der Waals surface area contributed by atoms with Crippen molar-refractivity contribution in [3.05, 3.63) is 65.2 Å². The predicted octanol–water partition coefficient (Wildman–Crippen LogP) is 5.01. The maximum Gasteiger partial charge on any atom is 0.257 e. The van der Waals surface area contributed by atoms with E-state index in [-0.39, 0.29) is 5.91 Å². The second-order valence-electron chi connectivity index (χ2n) is 5.20. The smallest absolute Gasteiger partial charge is 0.257 e. The number of para-hydroxylation sites is 1. The first-order chi connectivity index (χ1) is 12.7. The van der Waals surface area contributed by atoms with Gasteiger partial charge in [-0.15, -0.1) is 10.2 Å². The summed E-state index contributed by atoms with van der Waals surface area (Å²) in [6.07, 6.45) is 0.892. The van der Waals surface area contributed by atoms with Gasteiger partial charge in [0, 0.05) is 16.3 Å². The molecule has 0 radical (unpaired) electrons. The maximum atomic E-state index is 12.2. The third-order valence-electron chi connectivity index (χ3n) is 3.24. The second-order valence-corrected chi connectivity index (χ2v) is 7.96. The first-order valence-corrected chi connectivity index (χ1v) is 10.1.